The second-order valence-electron chi connectivity index (χ2n) is 3.19. The lowest BCUT2D eigenvalue weighted by atomic mass is 10.1. The Balaban J connectivity index is 3.05. The van der Waals surface area contributed by atoms with Crippen molar-refractivity contribution in [3.05, 3.63) is 34.9 Å². The molecule has 1 rings (SSSR count). The monoisotopic (exact) mass is 216 g/mol. The average Bonchev–Trinajstić information content (AvgIpc) is 2.31. The Labute approximate surface area is 94.4 Å². The molecule has 3 nitrogen and oxygen atoms in total. The molecule has 0 spiro atoms. The maximum Gasteiger partial charge on any atom is 0.337 e. The molecule has 16 heavy (non-hydrogen) atoms. The lowest BCUT2D eigenvalue weighted by Crippen LogP contribution is -2.01. The number of benzene rings is 1. The fraction of sp³-hybridized carbons (Fsp3) is 0.231. The van der Waals surface area contributed by atoms with Gasteiger partial charge in [-0.25, -0.2) is 4.79 Å². The molecule has 0 aliphatic carbocycles. The van der Waals surface area contributed by atoms with Crippen LogP contribution in [0.3, 0.4) is 0 Å². The van der Waals surface area contributed by atoms with Gasteiger partial charge in [-0.2, -0.15) is 0 Å². The number of hydrogen-bond donors (Lipinski definition) is 0. The molecule has 1 aromatic rings. The Bertz CT molecular complexity index is 464. The summed E-state index contributed by atoms with van der Waals surface area (Å²) in [6, 6.07) is 5.15. The molecule has 0 heterocycles. The molecule has 0 atom stereocenters. The van der Waals surface area contributed by atoms with Crippen LogP contribution in [0.25, 0.3) is 0 Å². The predicted octanol–water partition coefficient (Wildman–Crippen LogP) is 1.72. The lowest BCUT2D eigenvalue weighted by Gasteiger charge is -2.02. The van der Waals surface area contributed by atoms with Crippen LogP contribution in [0.4, 0.5) is 0 Å². The predicted molar refractivity (Wildman–Crippen MR) is 60.1 cm³/mol. The highest BCUT2D eigenvalue weighted by Crippen LogP contribution is 2.11. The van der Waals surface area contributed by atoms with Gasteiger partial charge in [-0.1, -0.05) is 17.9 Å². The van der Waals surface area contributed by atoms with Crippen molar-refractivity contribution < 1.29 is 14.3 Å². The first kappa shape index (κ1) is 12.0. The Morgan fingerprint density at radius 2 is 2.25 bits per heavy atom. The number of esters is 1. The van der Waals surface area contributed by atoms with E-state index in [4.69, 9.17) is 0 Å². The number of carbonyl (C=O) groups excluding carboxylic acids is 2. The maximum absolute atomic E-state index is 11.3. The summed E-state index contributed by atoms with van der Waals surface area (Å²) in [5, 5.41) is 0. The first-order valence-corrected chi connectivity index (χ1v) is 4.80. The first-order valence-electron chi connectivity index (χ1n) is 4.80. The molecule has 0 aliphatic rings. The summed E-state index contributed by atoms with van der Waals surface area (Å²) in [5.74, 6) is 5.16. The van der Waals surface area contributed by atoms with Crippen LogP contribution >= 0.6 is 0 Å². The minimum Gasteiger partial charge on any atom is -0.465 e. The van der Waals surface area contributed by atoms with E-state index in [2.05, 4.69) is 16.6 Å². The smallest absolute Gasteiger partial charge is 0.337 e. The minimum absolute atomic E-state index is 0.196. The van der Waals surface area contributed by atoms with E-state index < -0.39 is 5.97 Å². The number of rotatable bonds is 2. The highest BCUT2D eigenvalue weighted by atomic mass is 16.5. The number of ether oxygens (including phenoxy) is 1. The molecule has 0 amide bonds. The van der Waals surface area contributed by atoms with Gasteiger partial charge in [0.05, 0.1) is 19.1 Å². The van der Waals surface area contributed by atoms with Gasteiger partial charge in [-0.3, -0.25) is 0 Å². The molecule has 1 aromatic carbocycles. The van der Waals surface area contributed by atoms with Gasteiger partial charge in [0.1, 0.15) is 6.29 Å². The zero-order valence-corrected chi connectivity index (χ0v) is 9.24. The summed E-state index contributed by atoms with van der Waals surface area (Å²) in [4.78, 5) is 21.4. The Hall–Kier alpha value is -2.08. The summed E-state index contributed by atoms with van der Waals surface area (Å²) in [5.41, 5.74) is 2.17. The topological polar surface area (TPSA) is 43.4 Å². The molecule has 0 bridgehead atoms. The van der Waals surface area contributed by atoms with Crippen LogP contribution in [0.2, 0.25) is 0 Å². The molecule has 0 radical (unpaired) electrons. The number of carbonyl (C=O) groups is 2. The van der Waals surface area contributed by atoms with Crippen molar-refractivity contribution in [2.24, 2.45) is 0 Å². The van der Waals surface area contributed by atoms with E-state index in [0.29, 0.717) is 5.56 Å². The maximum atomic E-state index is 11.3. The minimum atomic E-state index is -0.390. The van der Waals surface area contributed by atoms with Gasteiger partial charge < -0.3 is 9.53 Å². The molecule has 3 heteroatoms. The molecule has 0 saturated carbocycles. The van der Waals surface area contributed by atoms with Crippen LogP contribution in [0.1, 0.15) is 27.9 Å². The number of aryl methyl sites for hydroxylation is 1. The second-order valence-corrected chi connectivity index (χ2v) is 3.19. The van der Waals surface area contributed by atoms with Crippen molar-refractivity contribution in [2.45, 2.75) is 13.3 Å². The van der Waals surface area contributed by atoms with Crippen molar-refractivity contribution >= 4 is 12.3 Å². The standard InChI is InChI=1S/C13H12O3/c1-10-6-7-12(13(15)16-2)9-11(10)5-3-4-8-14/h6-9H,4H2,1-2H3. The van der Waals surface area contributed by atoms with Crippen LogP contribution in [0, 0.1) is 18.8 Å². The van der Waals surface area contributed by atoms with Crippen molar-refractivity contribution in [3.8, 4) is 11.8 Å². The molecule has 0 fully saturated rings. The van der Waals surface area contributed by atoms with Gasteiger partial charge in [0.25, 0.3) is 0 Å². The van der Waals surface area contributed by atoms with Crippen molar-refractivity contribution in [3.63, 3.8) is 0 Å². The molecular formula is C13H12O3. The van der Waals surface area contributed by atoms with Gasteiger partial charge >= 0.3 is 5.97 Å². The third-order valence-electron chi connectivity index (χ3n) is 2.07. The molecule has 0 unspecified atom stereocenters. The summed E-state index contributed by atoms with van der Waals surface area (Å²) in [6.45, 7) is 1.89. The highest BCUT2D eigenvalue weighted by Gasteiger charge is 2.06. The second kappa shape index (κ2) is 5.72. The Morgan fingerprint density at radius 1 is 1.50 bits per heavy atom. The molecule has 0 N–H and O–H groups in total. The van der Waals surface area contributed by atoms with E-state index in [9.17, 15) is 9.59 Å². The first-order chi connectivity index (χ1) is 7.69. The summed E-state index contributed by atoms with van der Waals surface area (Å²) >= 11 is 0. The highest BCUT2D eigenvalue weighted by molar-refractivity contribution is 5.89. The van der Waals surface area contributed by atoms with Gasteiger partial charge in [-0.05, 0) is 24.6 Å². The van der Waals surface area contributed by atoms with Crippen molar-refractivity contribution in [1.29, 1.82) is 0 Å². The molecule has 82 valence electrons. The Kier molecular flexibility index (Phi) is 4.28. The van der Waals surface area contributed by atoms with Crippen LogP contribution in [0.5, 0.6) is 0 Å². The quantitative estimate of drug-likeness (QED) is 0.429. The van der Waals surface area contributed by atoms with E-state index in [1.54, 1.807) is 18.2 Å². The fourth-order valence-corrected chi connectivity index (χ4v) is 1.19. The Morgan fingerprint density at radius 3 is 2.88 bits per heavy atom. The number of hydrogen-bond acceptors (Lipinski definition) is 3. The molecule has 0 aromatic heterocycles. The van der Waals surface area contributed by atoms with Gasteiger partial charge in [0, 0.05) is 5.56 Å². The van der Waals surface area contributed by atoms with E-state index in [-0.39, 0.29) is 6.42 Å². The average molecular weight is 216 g/mol. The fourth-order valence-electron chi connectivity index (χ4n) is 1.19. The molecular weight excluding hydrogens is 204 g/mol. The van der Waals surface area contributed by atoms with E-state index >= 15 is 0 Å². The van der Waals surface area contributed by atoms with E-state index in [1.807, 2.05) is 6.92 Å². The van der Waals surface area contributed by atoms with Crippen LogP contribution < -0.4 is 0 Å². The SMILES string of the molecule is COC(=O)c1ccc(C)c(C#CCC=O)c1. The van der Waals surface area contributed by atoms with E-state index in [0.717, 1.165) is 17.4 Å². The number of methoxy groups -OCH3 is 1. The van der Waals surface area contributed by atoms with Crippen LogP contribution in [0.15, 0.2) is 18.2 Å². The van der Waals surface area contributed by atoms with Gasteiger partial charge in [0.2, 0.25) is 0 Å². The molecule has 0 aliphatic heterocycles. The van der Waals surface area contributed by atoms with E-state index in [1.165, 1.54) is 7.11 Å². The zero-order valence-electron chi connectivity index (χ0n) is 9.24. The lowest BCUT2D eigenvalue weighted by molar-refractivity contribution is -0.107. The van der Waals surface area contributed by atoms with Gasteiger partial charge in [-0.15, -0.1) is 0 Å². The summed E-state index contributed by atoms with van der Waals surface area (Å²) < 4.78 is 4.61. The van der Waals surface area contributed by atoms with Crippen LogP contribution in [-0.2, 0) is 9.53 Å². The van der Waals surface area contributed by atoms with Crippen LogP contribution in [-0.4, -0.2) is 19.4 Å². The summed E-state index contributed by atoms with van der Waals surface area (Å²) in [6.07, 6.45) is 0.939. The largest absolute Gasteiger partial charge is 0.465 e. The third-order valence-corrected chi connectivity index (χ3v) is 2.07. The normalized spacial score (nSPS) is 8.88. The zero-order chi connectivity index (χ0) is 12.0. The third kappa shape index (κ3) is 2.96. The van der Waals surface area contributed by atoms with Gasteiger partial charge in [0.15, 0.2) is 0 Å². The summed E-state index contributed by atoms with van der Waals surface area (Å²) in [7, 11) is 1.33. The molecule has 0 saturated heterocycles. The van der Waals surface area contributed by atoms with Crippen molar-refractivity contribution in [1.82, 2.24) is 0 Å². The number of aldehydes is 1. The van der Waals surface area contributed by atoms with Crippen molar-refractivity contribution in [2.75, 3.05) is 7.11 Å².